The van der Waals surface area contributed by atoms with E-state index in [0.29, 0.717) is 31.1 Å². The minimum absolute atomic E-state index is 0.183. The number of benzene rings is 2. The second-order valence-corrected chi connectivity index (χ2v) is 9.40. The van der Waals surface area contributed by atoms with E-state index in [4.69, 9.17) is 0 Å². The molecule has 0 spiro atoms. The zero-order valence-corrected chi connectivity index (χ0v) is 21.0. The summed E-state index contributed by atoms with van der Waals surface area (Å²) in [5.41, 5.74) is -0.0616. The normalized spacial score (nSPS) is 24.1. The Labute approximate surface area is 203 Å². The Kier molecular flexibility index (Phi) is 6.76. The third-order valence-electron chi connectivity index (χ3n) is 6.14. The molecule has 2 unspecified atom stereocenters. The fourth-order valence-corrected chi connectivity index (χ4v) is 8.05. The van der Waals surface area contributed by atoms with Crippen molar-refractivity contribution in [3.05, 3.63) is 84.5 Å². The average Bonchev–Trinajstić information content (AvgIpc) is 2.75. The van der Waals surface area contributed by atoms with E-state index < -0.39 is 22.8 Å². The molecule has 0 bridgehead atoms. The molecule has 1 aliphatic rings. The Morgan fingerprint density at radius 2 is 1.37 bits per heavy atom. The number of rotatable bonds is 6. The highest BCUT2D eigenvalue weighted by Crippen LogP contribution is 2.65. The van der Waals surface area contributed by atoms with Gasteiger partial charge in [0.25, 0.3) is 0 Å². The van der Waals surface area contributed by atoms with Crippen LogP contribution in [0.3, 0.4) is 0 Å². The van der Waals surface area contributed by atoms with Crippen molar-refractivity contribution in [3.8, 4) is 0 Å². The van der Waals surface area contributed by atoms with Crippen molar-refractivity contribution in [2.45, 2.75) is 32.1 Å². The van der Waals surface area contributed by atoms with Crippen LogP contribution in [-0.4, -0.2) is 22.2 Å². The smallest absolute Gasteiger partial charge is 0.337 e. The summed E-state index contributed by atoms with van der Waals surface area (Å²) in [6, 6.07) is 18.7. The maximum atomic E-state index is 13.1. The molecule has 0 fully saturated rings. The van der Waals surface area contributed by atoms with Gasteiger partial charge in [0.15, 0.2) is 0 Å². The van der Waals surface area contributed by atoms with Gasteiger partial charge in [0.1, 0.15) is 5.41 Å². The second kappa shape index (κ2) is 8.82. The molecule has 0 radical (unpaired) electrons. The van der Waals surface area contributed by atoms with Crippen LogP contribution in [0, 0.1) is 5.41 Å². The molecule has 0 amide bonds. The van der Waals surface area contributed by atoms with Crippen LogP contribution in [0.4, 0.5) is 0 Å². The van der Waals surface area contributed by atoms with E-state index in [1.807, 2.05) is 74.5 Å². The van der Waals surface area contributed by atoms with Gasteiger partial charge in [-0.05, 0) is 69.2 Å². The lowest BCUT2D eigenvalue weighted by molar-refractivity contribution is -0.150. The maximum absolute atomic E-state index is 13.1. The molecule has 3 rings (SSSR count). The quantitative estimate of drug-likeness (QED) is 0.361. The van der Waals surface area contributed by atoms with Gasteiger partial charge >= 0.3 is 11.9 Å². The van der Waals surface area contributed by atoms with Gasteiger partial charge in [-0.15, -0.1) is 0 Å². The molecule has 2 aromatic carbocycles. The zero-order chi connectivity index (χ0) is 22.1. The summed E-state index contributed by atoms with van der Waals surface area (Å²) in [5, 5.41) is 20.9. The minimum Gasteiger partial charge on any atom is -0.481 e. The molecule has 0 aromatic heterocycles. The number of aliphatic carboxylic acids is 2. The number of carboxylic acid groups (broad SMARTS) is 2. The van der Waals surface area contributed by atoms with Crippen molar-refractivity contribution < 1.29 is 19.8 Å². The lowest BCUT2D eigenvalue weighted by Crippen LogP contribution is -2.53. The van der Waals surface area contributed by atoms with Crippen molar-refractivity contribution in [2.24, 2.45) is 5.41 Å². The van der Waals surface area contributed by atoms with Crippen LogP contribution in [0.25, 0.3) is 5.57 Å². The summed E-state index contributed by atoms with van der Waals surface area (Å²) in [6.07, 6.45) is 0.792. The second-order valence-electron chi connectivity index (χ2n) is 7.24. The Morgan fingerprint density at radius 3 is 1.80 bits per heavy atom. The monoisotopic (exact) mass is 628 g/mol. The summed E-state index contributed by atoms with van der Waals surface area (Å²) >= 11 is 4.17. The largest absolute Gasteiger partial charge is 0.481 e. The number of allylic oxidation sites excluding steroid dienone is 1. The fraction of sp³-hybridized carbons (Fsp3) is 0.250. The predicted molar refractivity (Wildman–Crippen MR) is 135 cm³/mol. The van der Waals surface area contributed by atoms with Crippen molar-refractivity contribution in [1.82, 2.24) is 0 Å². The Hall–Kier alpha value is -1.68. The first-order chi connectivity index (χ1) is 14.3. The molecular weight excluding hydrogens is 606 g/mol. The molecule has 2 N–H and O–H groups in total. The summed E-state index contributed by atoms with van der Waals surface area (Å²) in [7, 11) is 0. The van der Waals surface area contributed by atoms with E-state index in [0.717, 1.165) is 5.56 Å². The van der Waals surface area contributed by atoms with Crippen LogP contribution in [0.1, 0.15) is 37.8 Å². The highest BCUT2D eigenvalue weighted by Gasteiger charge is 2.63. The summed E-state index contributed by atoms with van der Waals surface area (Å²) < 4.78 is 1.12. The molecule has 0 heterocycles. The molecule has 2 aromatic rings. The molecule has 6 heteroatoms. The van der Waals surface area contributed by atoms with Crippen molar-refractivity contribution >= 4 is 62.7 Å². The van der Waals surface area contributed by atoms with Crippen molar-refractivity contribution in [2.75, 3.05) is 0 Å². The highest BCUT2D eigenvalue weighted by molar-refractivity contribution is 14.1. The number of halogens is 2. The van der Waals surface area contributed by atoms with Gasteiger partial charge in [-0.25, -0.2) is 4.79 Å². The number of carbonyl (C=O) groups is 2. The highest BCUT2D eigenvalue weighted by atomic mass is 127. The number of hydrogen-bond donors (Lipinski definition) is 2. The molecule has 156 valence electrons. The van der Waals surface area contributed by atoms with Crippen LogP contribution >= 0.6 is 45.2 Å². The molecule has 4 nitrogen and oxygen atoms in total. The third kappa shape index (κ3) is 3.14. The van der Waals surface area contributed by atoms with Gasteiger partial charge < -0.3 is 10.2 Å². The first kappa shape index (κ1) is 23.0. The first-order valence-electron chi connectivity index (χ1n) is 9.68. The van der Waals surface area contributed by atoms with E-state index in [-0.39, 0.29) is 5.57 Å². The zero-order valence-electron chi connectivity index (χ0n) is 16.7. The topological polar surface area (TPSA) is 74.6 Å². The van der Waals surface area contributed by atoms with E-state index in [1.165, 1.54) is 0 Å². The molecular formula is C24H22I2O4. The van der Waals surface area contributed by atoms with Gasteiger partial charge in [0.05, 0.1) is 5.57 Å². The minimum atomic E-state index is -1.29. The number of hydrogen-bond acceptors (Lipinski definition) is 2. The van der Waals surface area contributed by atoms with Crippen LogP contribution in [0.15, 0.2) is 73.4 Å². The SMILES string of the molecule is CCC1(C(=O)O)C(I)=C(c2ccccc2)C(C(=O)O)=C(I)C1(CC)c1ccccc1. The third-order valence-corrected chi connectivity index (χ3v) is 9.06. The van der Waals surface area contributed by atoms with Crippen LogP contribution < -0.4 is 0 Å². The summed E-state index contributed by atoms with van der Waals surface area (Å²) in [5.74, 6) is -1.98. The number of carboxylic acids is 2. The van der Waals surface area contributed by atoms with Crippen LogP contribution in [0.2, 0.25) is 0 Å². The Morgan fingerprint density at radius 1 is 0.833 bits per heavy atom. The Bertz CT molecular complexity index is 1040. The maximum Gasteiger partial charge on any atom is 0.337 e. The molecule has 2 atom stereocenters. The van der Waals surface area contributed by atoms with Crippen molar-refractivity contribution in [1.29, 1.82) is 0 Å². The van der Waals surface area contributed by atoms with Crippen LogP contribution in [-0.2, 0) is 15.0 Å². The summed E-state index contributed by atoms with van der Waals surface area (Å²) in [6.45, 7) is 3.81. The Balaban J connectivity index is 2.56. The lowest BCUT2D eigenvalue weighted by atomic mass is 9.53. The van der Waals surface area contributed by atoms with E-state index in [9.17, 15) is 19.8 Å². The summed E-state index contributed by atoms with van der Waals surface area (Å²) in [4.78, 5) is 25.6. The standard InChI is InChI=1S/C24H22I2O4/c1-3-23(16-13-9-6-10-14-16)20(26)18(21(27)28)17(15-11-7-5-8-12-15)19(25)24(23,4-2)22(29)30/h5-14H,3-4H2,1-2H3,(H,27,28)(H,29,30). The van der Waals surface area contributed by atoms with Gasteiger partial charge in [0.2, 0.25) is 0 Å². The van der Waals surface area contributed by atoms with E-state index in [2.05, 4.69) is 45.2 Å². The van der Waals surface area contributed by atoms with Crippen molar-refractivity contribution in [3.63, 3.8) is 0 Å². The van der Waals surface area contributed by atoms with E-state index in [1.54, 1.807) is 0 Å². The van der Waals surface area contributed by atoms with E-state index >= 15 is 0 Å². The van der Waals surface area contributed by atoms with Gasteiger partial charge in [-0.2, -0.15) is 0 Å². The average molecular weight is 628 g/mol. The molecule has 1 aliphatic carbocycles. The van der Waals surface area contributed by atoms with Crippen LogP contribution in [0.5, 0.6) is 0 Å². The fourth-order valence-electron chi connectivity index (χ4n) is 4.74. The molecule has 0 aliphatic heterocycles. The first-order valence-corrected chi connectivity index (χ1v) is 11.8. The molecule has 0 saturated carbocycles. The van der Waals surface area contributed by atoms with Gasteiger partial charge in [-0.3, -0.25) is 4.79 Å². The molecule has 30 heavy (non-hydrogen) atoms. The van der Waals surface area contributed by atoms with Gasteiger partial charge in [0, 0.05) is 18.1 Å². The molecule has 0 saturated heterocycles. The van der Waals surface area contributed by atoms with Gasteiger partial charge in [-0.1, -0.05) is 74.5 Å². The predicted octanol–water partition coefficient (Wildman–Crippen LogP) is 6.45. The lowest BCUT2D eigenvalue weighted by Gasteiger charge is -2.51.